The van der Waals surface area contributed by atoms with Crippen molar-refractivity contribution in [1.82, 2.24) is 10.3 Å². The van der Waals surface area contributed by atoms with Crippen LogP contribution in [-0.4, -0.2) is 29.5 Å². The minimum atomic E-state index is -0.627. The van der Waals surface area contributed by atoms with Crippen molar-refractivity contribution in [2.24, 2.45) is 0 Å². The molecule has 0 atom stereocenters. The summed E-state index contributed by atoms with van der Waals surface area (Å²) in [6.07, 6.45) is 1.58. The summed E-state index contributed by atoms with van der Waals surface area (Å²) in [6.45, 7) is 6.11. The van der Waals surface area contributed by atoms with E-state index in [1.165, 1.54) is 19.2 Å². The first kappa shape index (κ1) is 23.5. The van der Waals surface area contributed by atoms with Crippen LogP contribution in [-0.2, 0) is 6.54 Å². The molecule has 1 aromatic heterocycles. The number of nitro benzene ring substituents is 1. The molecule has 3 aromatic rings. The number of hydrogen-bond donors (Lipinski definition) is 1. The quantitative estimate of drug-likeness (QED) is 0.369. The molecule has 1 N–H and O–H groups in total. The Morgan fingerprint density at radius 3 is 2.52 bits per heavy atom. The molecule has 1 amide bonds. The maximum absolute atomic E-state index is 12.7. The molecule has 3 rings (SSSR count). The topological polar surface area (TPSA) is 113 Å². The van der Waals surface area contributed by atoms with E-state index in [4.69, 9.17) is 14.2 Å². The van der Waals surface area contributed by atoms with Gasteiger partial charge < -0.3 is 19.5 Å². The number of amides is 1. The number of ether oxygens (including phenoxy) is 3. The van der Waals surface area contributed by atoms with Crippen LogP contribution in [0.1, 0.15) is 34.0 Å². The number of carbonyl (C=O) groups is 1. The molecule has 0 unspecified atom stereocenters. The first-order chi connectivity index (χ1) is 15.8. The van der Waals surface area contributed by atoms with Gasteiger partial charge in [0, 0.05) is 24.9 Å². The molecule has 9 nitrogen and oxygen atoms in total. The van der Waals surface area contributed by atoms with Crippen molar-refractivity contribution in [2.45, 2.75) is 27.3 Å². The van der Waals surface area contributed by atoms with Crippen molar-refractivity contribution in [3.8, 4) is 23.1 Å². The number of aryl methyl sites for hydroxylation is 2. The molecule has 0 aliphatic heterocycles. The Morgan fingerprint density at radius 1 is 1.09 bits per heavy atom. The van der Waals surface area contributed by atoms with Gasteiger partial charge >= 0.3 is 0 Å². The number of nitrogens with zero attached hydrogens (tertiary/aromatic N) is 2. The number of methoxy groups -OCH3 is 1. The molecule has 0 fully saturated rings. The van der Waals surface area contributed by atoms with Crippen molar-refractivity contribution >= 4 is 11.6 Å². The predicted octanol–water partition coefficient (Wildman–Crippen LogP) is 4.74. The lowest BCUT2D eigenvalue weighted by molar-refractivity contribution is -0.385. The van der Waals surface area contributed by atoms with Crippen LogP contribution in [0.3, 0.4) is 0 Å². The lowest BCUT2D eigenvalue weighted by atomic mass is 10.1. The van der Waals surface area contributed by atoms with Gasteiger partial charge in [-0.25, -0.2) is 4.98 Å². The molecule has 0 aliphatic rings. The first-order valence-corrected chi connectivity index (χ1v) is 10.3. The van der Waals surface area contributed by atoms with Gasteiger partial charge in [0.15, 0.2) is 11.5 Å². The van der Waals surface area contributed by atoms with E-state index in [0.29, 0.717) is 18.1 Å². The number of pyridine rings is 1. The molecule has 2 aromatic carbocycles. The van der Waals surface area contributed by atoms with E-state index in [0.717, 1.165) is 16.9 Å². The van der Waals surface area contributed by atoms with Gasteiger partial charge in [-0.15, -0.1) is 0 Å². The number of benzene rings is 2. The fourth-order valence-electron chi connectivity index (χ4n) is 3.09. The molecule has 0 aliphatic carbocycles. The van der Waals surface area contributed by atoms with E-state index in [1.54, 1.807) is 25.3 Å². The zero-order valence-electron chi connectivity index (χ0n) is 18.9. The number of nitrogens with one attached hydrogen (secondary N) is 1. The summed E-state index contributed by atoms with van der Waals surface area (Å²) in [7, 11) is 1.40. The molecule has 1 heterocycles. The second-order valence-electron chi connectivity index (χ2n) is 7.27. The largest absolute Gasteiger partial charge is 0.493 e. The summed E-state index contributed by atoms with van der Waals surface area (Å²) in [5, 5.41) is 14.2. The Hall–Kier alpha value is -4.14. The Balaban J connectivity index is 1.71. The van der Waals surface area contributed by atoms with Gasteiger partial charge in [-0.2, -0.15) is 0 Å². The summed E-state index contributed by atoms with van der Waals surface area (Å²) in [5.74, 6) is 0.971. The van der Waals surface area contributed by atoms with E-state index >= 15 is 0 Å². The fraction of sp³-hybridized carbons (Fsp3) is 0.250. The zero-order valence-corrected chi connectivity index (χ0v) is 18.9. The molecular weight excluding hydrogens is 426 g/mol. The van der Waals surface area contributed by atoms with Crippen LogP contribution in [0, 0.1) is 24.0 Å². The Morgan fingerprint density at radius 2 is 1.88 bits per heavy atom. The van der Waals surface area contributed by atoms with Crippen molar-refractivity contribution in [3.63, 3.8) is 0 Å². The Kier molecular flexibility index (Phi) is 7.45. The third-order valence-electron chi connectivity index (χ3n) is 4.83. The summed E-state index contributed by atoms with van der Waals surface area (Å²) in [5.41, 5.74) is 2.29. The summed E-state index contributed by atoms with van der Waals surface area (Å²) >= 11 is 0. The highest BCUT2D eigenvalue weighted by atomic mass is 16.6. The summed E-state index contributed by atoms with van der Waals surface area (Å²) < 4.78 is 16.4. The molecule has 0 saturated heterocycles. The van der Waals surface area contributed by atoms with Crippen LogP contribution in [0.2, 0.25) is 0 Å². The van der Waals surface area contributed by atoms with Gasteiger partial charge in [0.1, 0.15) is 11.3 Å². The fourth-order valence-corrected chi connectivity index (χ4v) is 3.09. The molecule has 0 saturated carbocycles. The molecule has 0 spiro atoms. The number of hydrogen-bond acceptors (Lipinski definition) is 7. The summed E-state index contributed by atoms with van der Waals surface area (Å²) in [4.78, 5) is 27.9. The minimum absolute atomic E-state index is 0.122. The maximum Gasteiger partial charge on any atom is 0.286 e. The van der Waals surface area contributed by atoms with Gasteiger partial charge in [-0.3, -0.25) is 14.9 Å². The Bertz CT molecular complexity index is 1160. The average molecular weight is 451 g/mol. The third kappa shape index (κ3) is 5.76. The number of rotatable bonds is 9. The molecule has 0 bridgehead atoms. The second kappa shape index (κ2) is 10.4. The third-order valence-corrected chi connectivity index (χ3v) is 4.83. The predicted molar refractivity (Wildman–Crippen MR) is 122 cm³/mol. The van der Waals surface area contributed by atoms with Crippen molar-refractivity contribution in [2.75, 3.05) is 13.7 Å². The van der Waals surface area contributed by atoms with E-state index in [2.05, 4.69) is 10.3 Å². The second-order valence-corrected chi connectivity index (χ2v) is 7.27. The summed E-state index contributed by atoms with van der Waals surface area (Å²) in [6, 6.07) is 11.9. The van der Waals surface area contributed by atoms with Crippen molar-refractivity contribution in [1.29, 1.82) is 0 Å². The SMILES string of the molecule is CCOc1cc([N+](=O)[O-])c(C(=O)NCc2ccc(Oc3cc(C)ccc3C)nc2)cc1OC. The van der Waals surface area contributed by atoms with Crippen LogP contribution >= 0.6 is 0 Å². The smallest absolute Gasteiger partial charge is 0.286 e. The number of nitro groups is 1. The van der Waals surface area contributed by atoms with Crippen LogP contribution in [0.15, 0.2) is 48.7 Å². The van der Waals surface area contributed by atoms with Gasteiger partial charge in [0.2, 0.25) is 5.88 Å². The molecule has 9 heteroatoms. The first-order valence-electron chi connectivity index (χ1n) is 10.3. The normalized spacial score (nSPS) is 10.4. The highest BCUT2D eigenvalue weighted by Crippen LogP contribution is 2.34. The van der Waals surface area contributed by atoms with Gasteiger partial charge in [-0.1, -0.05) is 18.2 Å². The minimum Gasteiger partial charge on any atom is -0.493 e. The van der Waals surface area contributed by atoms with E-state index in [9.17, 15) is 14.9 Å². The van der Waals surface area contributed by atoms with E-state index < -0.39 is 10.8 Å². The number of aromatic nitrogens is 1. The van der Waals surface area contributed by atoms with E-state index in [-0.39, 0.29) is 29.3 Å². The standard InChI is InChI=1S/C24H25N3O6/c1-5-32-22-12-19(27(29)30)18(11-21(22)31-4)24(28)26-14-17-8-9-23(25-13-17)33-20-10-15(2)6-7-16(20)3/h6-13H,5,14H2,1-4H3,(H,26,28). The zero-order chi connectivity index (χ0) is 24.0. The average Bonchev–Trinajstić information content (AvgIpc) is 2.80. The molecular formula is C24H25N3O6. The highest BCUT2D eigenvalue weighted by Gasteiger charge is 2.24. The van der Waals surface area contributed by atoms with Gasteiger partial charge in [0.25, 0.3) is 11.6 Å². The highest BCUT2D eigenvalue weighted by molar-refractivity contribution is 5.99. The van der Waals surface area contributed by atoms with Crippen LogP contribution in [0.5, 0.6) is 23.1 Å². The molecule has 33 heavy (non-hydrogen) atoms. The van der Waals surface area contributed by atoms with Crippen LogP contribution < -0.4 is 19.5 Å². The number of carbonyl (C=O) groups excluding carboxylic acids is 1. The lowest BCUT2D eigenvalue weighted by Gasteiger charge is -2.12. The maximum atomic E-state index is 12.7. The lowest BCUT2D eigenvalue weighted by Crippen LogP contribution is -2.24. The van der Waals surface area contributed by atoms with E-state index in [1.807, 2.05) is 32.0 Å². The Labute approximate surface area is 191 Å². The van der Waals surface area contributed by atoms with Gasteiger partial charge in [-0.05, 0) is 43.5 Å². The van der Waals surface area contributed by atoms with Crippen molar-refractivity contribution in [3.05, 3.63) is 81.0 Å². The molecule has 172 valence electrons. The van der Waals surface area contributed by atoms with Gasteiger partial charge in [0.05, 0.1) is 24.7 Å². The van der Waals surface area contributed by atoms with Crippen LogP contribution in [0.4, 0.5) is 5.69 Å². The monoisotopic (exact) mass is 451 g/mol. The molecule has 0 radical (unpaired) electrons. The van der Waals surface area contributed by atoms with Crippen molar-refractivity contribution < 1.29 is 23.9 Å². The van der Waals surface area contributed by atoms with Crippen LogP contribution in [0.25, 0.3) is 0 Å².